The first-order valence-corrected chi connectivity index (χ1v) is 7.24. The molecule has 4 atom stereocenters. The number of aliphatic imine (C=N–C) groups is 1. The van der Waals surface area contributed by atoms with Crippen LogP contribution in [-0.2, 0) is 19.0 Å². The molecule has 2 heterocycles. The van der Waals surface area contributed by atoms with Crippen LogP contribution in [0.3, 0.4) is 0 Å². The number of esters is 1. The molecule has 0 aliphatic carbocycles. The summed E-state index contributed by atoms with van der Waals surface area (Å²) >= 11 is 0. The SMILES string of the molecule is COC=N/C(=C/C(=O)OC)c1ncn([C@@H]2O[C@H](CO)[C@@H](O)[C@H]2O)c1N. The molecule has 0 amide bonds. The standard InChI is InChI=1S/C14H20N4O7/c1-23-6-17-7(3-9(20)24-2)10-13(15)18(5-16-10)14-12(22)11(21)8(4-19)25-14/h3,5-6,8,11-12,14,19,21-22H,4,15H2,1-2H3/b7-3+,17-6?/t8-,11-,12-,14-/m1/s1. The van der Waals surface area contributed by atoms with Gasteiger partial charge in [0, 0.05) is 0 Å². The summed E-state index contributed by atoms with van der Waals surface area (Å²) in [7, 11) is 2.58. The molecule has 0 aromatic carbocycles. The highest BCUT2D eigenvalue weighted by molar-refractivity contribution is 5.92. The van der Waals surface area contributed by atoms with E-state index >= 15 is 0 Å². The predicted molar refractivity (Wildman–Crippen MR) is 85.1 cm³/mol. The van der Waals surface area contributed by atoms with Crippen LogP contribution in [0.1, 0.15) is 11.9 Å². The number of carbonyl (C=O) groups is 1. The van der Waals surface area contributed by atoms with Crippen LogP contribution in [0.25, 0.3) is 5.70 Å². The Morgan fingerprint density at radius 2 is 2.20 bits per heavy atom. The van der Waals surface area contributed by atoms with Crippen LogP contribution in [0, 0.1) is 0 Å². The van der Waals surface area contributed by atoms with Crippen molar-refractivity contribution in [2.24, 2.45) is 4.99 Å². The zero-order valence-electron chi connectivity index (χ0n) is 13.6. The van der Waals surface area contributed by atoms with Crippen molar-refractivity contribution >= 4 is 23.9 Å². The normalized spacial score (nSPS) is 27.0. The fraction of sp³-hybridized carbons (Fsp3) is 0.500. The molecule has 0 bridgehead atoms. The molecule has 2 rings (SSSR count). The third-order valence-corrected chi connectivity index (χ3v) is 3.62. The van der Waals surface area contributed by atoms with E-state index in [0.29, 0.717) is 0 Å². The Balaban J connectivity index is 2.37. The van der Waals surface area contributed by atoms with E-state index in [4.69, 9.17) is 20.3 Å². The Morgan fingerprint density at radius 3 is 2.76 bits per heavy atom. The average Bonchev–Trinajstić information content (AvgIpc) is 3.12. The maximum absolute atomic E-state index is 11.5. The first kappa shape index (κ1) is 18.9. The minimum atomic E-state index is -1.32. The average molecular weight is 356 g/mol. The highest BCUT2D eigenvalue weighted by Crippen LogP contribution is 2.33. The Morgan fingerprint density at radius 1 is 1.48 bits per heavy atom. The molecule has 138 valence electrons. The molecule has 11 nitrogen and oxygen atoms in total. The number of nitrogen functional groups attached to an aromatic ring is 1. The molecule has 1 aromatic heterocycles. The van der Waals surface area contributed by atoms with Gasteiger partial charge in [-0.05, 0) is 0 Å². The Hall–Kier alpha value is -2.47. The van der Waals surface area contributed by atoms with E-state index in [1.165, 1.54) is 25.1 Å². The number of rotatable bonds is 6. The molecule has 0 saturated carbocycles. The second-order valence-electron chi connectivity index (χ2n) is 5.14. The van der Waals surface area contributed by atoms with Crippen molar-refractivity contribution in [1.82, 2.24) is 9.55 Å². The number of ether oxygens (including phenoxy) is 3. The van der Waals surface area contributed by atoms with Crippen molar-refractivity contribution in [1.29, 1.82) is 0 Å². The number of aromatic nitrogens is 2. The van der Waals surface area contributed by atoms with Crippen LogP contribution in [0.5, 0.6) is 0 Å². The smallest absolute Gasteiger partial charge is 0.332 e. The third kappa shape index (κ3) is 3.79. The maximum atomic E-state index is 11.5. The highest BCUT2D eigenvalue weighted by atomic mass is 16.6. The zero-order chi connectivity index (χ0) is 18.6. The van der Waals surface area contributed by atoms with Gasteiger partial charge >= 0.3 is 5.97 Å². The number of carbonyl (C=O) groups excluding carboxylic acids is 1. The third-order valence-electron chi connectivity index (χ3n) is 3.62. The first-order valence-electron chi connectivity index (χ1n) is 7.24. The fourth-order valence-corrected chi connectivity index (χ4v) is 2.33. The Bertz CT molecular complexity index is 672. The number of hydrogen-bond acceptors (Lipinski definition) is 10. The second kappa shape index (κ2) is 8.07. The van der Waals surface area contributed by atoms with Gasteiger partial charge in [-0.1, -0.05) is 0 Å². The number of imidazole rings is 1. The molecule has 5 N–H and O–H groups in total. The summed E-state index contributed by atoms with van der Waals surface area (Å²) in [6, 6.07) is 0. The molecule has 1 aliphatic heterocycles. The molecular formula is C14H20N4O7. The van der Waals surface area contributed by atoms with Crippen molar-refractivity contribution in [2.75, 3.05) is 26.6 Å². The van der Waals surface area contributed by atoms with Gasteiger partial charge in [0.1, 0.15) is 35.5 Å². The monoisotopic (exact) mass is 356 g/mol. The molecule has 1 aromatic rings. The number of anilines is 1. The van der Waals surface area contributed by atoms with Crippen molar-refractivity contribution in [3.05, 3.63) is 18.1 Å². The van der Waals surface area contributed by atoms with E-state index in [0.717, 1.165) is 12.5 Å². The van der Waals surface area contributed by atoms with Gasteiger partial charge in [-0.2, -0.15) is 0 Å². The summed E-state index contributed by atoms with van der Waals surface area (Å²) in [6.07, 6.45) is -1.21. The number of aliphatic hydroxyl groups is 3. The van der Waals surface area contributed by atoms with Crippen LogP contribution < -0.4 is 5.73 Å². The molecule has 0 unspecified atom stereocenters. The summed E-state index contributed by atoms with van der Waals surface area (Å²) in [6.45, 7) is -0.470. The van der Waals surface area contributed by atoms with Crippen molar-refractivity contribution in [3.63, 3.8) is 0 Å². The van der Waals surface area contributed by atoms with E-state index < -0.39 is 37.1 Å². The molecule has 0 spiro atoms. The van der Waals surface area contributed by atoms with E-state index in [1.807, 2.05) is 0 Å². The molecule has 1 aliphatic rings. The lowest BCUT2D eigenvalue weighted by molar-refractivity contribution is -0.134. The van der Waals surface area contributed by atoms with E-state index in [9.17, 15) is 15.0 Å². The topological polar surface area (TPSA) is 162 Å². The number of nitrogens with two attached hydrogens (primary N) is 1. The lowest BCUT2D eigenvalue weighted by Gasteiger charge is -2.17. The van der Waals surface area contributed by atoms with Crippen molar-refractivity contribution in [2.45, 2.75) is 24.5 Å². The van der Waals surface area contributed by atoms with Crippen LogP contribution >= 0.6 is 0 Å². The zero-order valence-corrected chi connectivity index (χ0v) is 13.6. The Kier molecular flexibility index (Phi) is 6.09. The van der Waals surface area contributed by atoms with E-state index in [1.54, 1.807) is 0 Å². The van der Waals surface area contributed by atoms with Crippen LogP contribution in [-0.4, -0.2) is 76.4 Å². The van der Waals surface area contributed by atoms with Gasteiger partial charge in [0.15, 0.2) is 12.6 Å². The van der Waals surface area contributed by atoms with Gasteiger partial charge in [0.05, 0.1) is 33.2 Å². The molecular weight excluding hydrogens is 336 g/mol. The number of aliphatic hydroxyl groups excluding tert-OH is 3. The minimum Gasteiger partial charge on any atom is -0.486 e. The maximum Gasteiger partial charge on any atom is 0.332 e. The van der Waals surface area contributed by atoms with Crippen molar-refractivity contribution < 1.29 is 34.3 Å². The molecule has 11 heteroatoms. The van der Waals surface area contributed by atoms with Gasteiger partial charge in [-0.3, -0.25) is 4.57 Å². The summed E-state index contributed by atoms with van der Waals surface area (Å²) in [5.74, 6) is -0.650. The predicted octanol–water partition coefficient (Wildman–Crippen LogP) is -1.73. The number of hydrogen-bond donors (Lipinski definition) is 4. The van der Waals surface area contributed by atoms with Gasteiger partial charge in [0.2, 0.25) is 0 Å². The van der Waals surface area contributed by atoms with Crippen LogP contribution in [0.2, 0.25) is 0 Å². The highest BCUT2D eigenvalue weighted by Gasteiger charge is 2.44. The first-order chi connectivity index (χ1) is 11.9. The fourth-order valence-electron chi connectivity index (χ4n) is 2.33. The van der Waals surface area contributed by atoms with Gasteiger partial charge in [-0.25, -0.2) is 14.8 Å². The second-order valence-corrected chi connectivity index (χ2v) is 5.14. The molecule has 25 heavy (non-hydrogen) atoms. The number of methoxy groups -OCH3 is 2. The lowest BCUT2D eigenvalue weighted by atomic mass is 10.1. The van der Waals surface area contributed by atoms with Gasteiger partial charge in [-0.15, -0.1) is 0 Å². The summed E-state index contributed by atoms with van der Waals surface area (Å²) in [4.78, 5) is 19.5. The van der Waals surface area contributed by atoms with Crippen LogP contribution in [0.15, 0.2) is 17.4 Å². The van der Waals surface area contributed by atoms with E-state index in [2.05, 4.69) is 14.7 Å². The molecule has 1 saturated heterocycles. The minimum absolute atomic E-state index is 0.0262. The van der Waals surface area contributed by atoms with Crippen molar-refractivity contribution in [3.8, 4) is 0 Å². The molecule has 1 fully saturated rings. The summed E-state index contributed by atoms with van der Waals surface area (Å²) in [5, 5.41) is 29.1. The van der Waals surface area contributed by atoms with Crippen LogP contribution in [0.4, 0.5) is 5.82 Å². The van der Waals surface area contributed by atoms with Gasteiger partial charge in [0.25, 0.3) is 0 Å². The largest absolute Gasteiger partial charge is 0.486 e. The Labute approximate surface area is 143 Å². The summed E-state index contributed by atoms with van der Waals surface area (Å²) < 4.78 is 16.0. The quantitative estimate of drug-likeness (QED) is 0.201. The van der Waals surface area contributed by atoms with Gasteiger partial charge < -0.3 is 35.3 Å². The number of nitrogens with zero attached hydrogens (tertiary/aromatic N) is 3. The molecule has 0 radical (unpaired) electrons. The summed E-state index contributed by atoms with van der Waals surface area (Å²) in [5.41, 5.74) is 6.21. The lowest BCUT2D eigenvalue weighted by Crippen LogP contribution is -2.33. The van der Waals surface area contributed by atoms with E-state index in [-0.39, 0.29) is 17.2 Å².